The van der Waals surface area contributed by atoms with Crippen molar-refractivity contribution in [1.82, 2.24) is 5.32 Å². The Morgan fingerprint density at radius 3 is 2.73 bits per heavy atom. The number of aliphatic imine (C=N–C) groups is 1. The molecule has 0 spiro atoms. The molecule has 0 aromatic heterocycles. The lowest BCUT2D eigenvalue weighted by Gasteiger charge is -2.21. The fourth-order valence-electron chi connectivity index (χ4n) is 1.55. The van der Waals surface area contributed by atoms with E-state index >= 15 is 0 Å². The third-order valence-corrected chi connectivity index (χ3v) is 3.17. The Balaban J connectivity index is 2.20. The van der Waals surface area contributed by atoms with E-state index in [0.717, 1.165) is 12.1 Å². The molecular formula is C10H11Cl2N3. The van der Waals surface area contributed by atoms with Crippen LogP contribution >= 0.6 is 23.2 Å². The summed E-state index contributed by atoms with van der Waals surface area (Å²) >= 11 is 11.8. The normalized spacial score (nSPS) is 20.7. The minimum absolute atomic E-state index is 0.312. The van der Waals surface area contributed by atoms with E-state index in [1.54, 1.807) is 6.07 Å². The predicted molar refractivity (Wildman–Crippen MR) is 63.7 cm³/mol. The first-order valence-electron chi connectivity index (χ1n) is 4.65. The maximum atomic E-state index is 5.95. The quantitative estimate of drug-likeness (QED) is 0.793. The van der Waals surface area contributed by atoms with Crippen LogP contribution in [0.15, 0.2) is 23.2 Å². The smallest absolute Gasteiger partial charge is 0.188 e. The van der Waals surface area contributed by atoms with Crippen LogP contribution in [0, 0.1) is 0 Å². The highest BCUT2D eigenvalue weighted by Crippen LogP contribution is 2.27. The van der Waals surface area contributed by atoms with Crippen molar-refractivity contribution in [3.8, 4) is 0 Å². The second-order valence-electron chi connectivity index (χ2n) is 3.48. The molecule has 1 aromatic carbocycles. The van der Waals surface area contributed by atoms with Crippen molar-refractivity contribution in [3.05, 3.63) is 33.8 Å². The number of guanidine groups is 1. The number of hydrogen-bond acceptors (Lipinski definition) is 3. The molecule has 1 aliphatic heterocycles. The molecule has 2 rings (SSSR count). The minimum atomic E-state index is 0.312. The third kappa shape index (κ3) is 2.36. The van der Waals surface area contributed by atoms with Gasteiger partial charge in [0.1, 0.15) is 0 Å². The maximum absolute atomic E-state index is 5.95. The highest BCUT2D eigenvalue weighted by molar-refractivity contribution is 6.42. The molecule has 3 N–H and O–H groups in total. The highest BCUT2D eigenvalue weighted by atomic mass is 35.5. The van der Waals surface area contributed by atoms with Crippen LogP contribution in [-0.2, 0) is 0 Å². The summed E-state index contributed by atoms with van der Waals surface area (Å²) in [6.07, 6.45) is 0. The largest absolute Gasteiger partial charge is 0.370 e. The minimum Gasteiger partial charge on any atom is -0.370 e. The standard InChI is InChI=1S/C10H11Cl2N3/c11-8-2-1-6(3-9(8)12)7-4-14-10(13)15-5-7/h1-3,7H,4-5H2,(H3,13,14,15). The molecule has 0 bridgehead atoms. The Bertz CT molecular complexity index is 404. The number of nitrogens with one attached hydrogen (secondary N) is 1. The van der Waals surface area contributed by atoms with Gasteiger partial charge < -0.3 is 11.1 Å². The van der Waals surface area contributed by atoms with Gasteiger partial charge >= 0.3 is 0 Å². The monoisotopic (exact) mass is 243 g/mol. The van der Waals surface area contributed by atoms with Gasteiger partial charge in [-0.1, -0.05) is 29.3 Å². The van der Waals surface area contributed by atoms with Crippen LogP contribution in [0.5, 0.6) is 0 Å². The van der Waals surface area contributed by atoms with Crippen LogP contribution in [0.3, 0.4) is 0 Å². The van der Waals surface area contributed by atoms with Crippen LogP contribution in [-0.4, -0.2) is 19.0 Å². The molecule has 0 saturated heterocycles. The molecule has 5 heteroatoms. The Morgan fingerprint density at radius 1 is 1.33 bits per heavy atom. The molecule has 80 valence electrons. The van der Waals surface area contributed by atoms with E-state index in [4.69, 9.17) is 28.9 Å². The molecule has 1 atom stereocenters. The average Bonchev–Trinajstić information content (AvgIpc) is 2.23. The van der Waals surface area contributed by atoms with Crippen LogP contribution in [0.25, 0.3) is 0 Å². The van der Waals surface area contributed by atoms with Crippen LogP contribution in [0.1, 0.15) is 11.5 Å². The predicted octanol–water partition coefficient (Wildman–Crippen LogP) is 1.99. The summed E-state index contributed by atoms with van der Waals surface area (Å²) in [5, 5.41) is 4.17. The molecule has 1 heterocycles. The molecule has 0 radical (unpaired) electrons. The Labute approximate surface area is 98.3 Å². The van der Waals surface area contributed by atoms with Crippen molar-refractivity contribution in [1.29, 1.82) is 0 Å². The number of halogens is 2. The summed E-state index contributed by atoms with van der Waals surface area (Å²) in [5.41, 5.74) is 6.65. The van der Waals surface area contributed by atoms with Crippen molar-refractivity contribution in [2.24, 2.45) is 10.7 Å². The van der Waals surface area contributed by atoms with Crippen LogP contribution in [0.4, 0.5) is 0 Å². The third-order valence-electron chi connectivity index (χ3n) is 2.43. The lowest BCUT2D eigenvalue weighted by atomic mass is 9.98. The zero-order valence-electron chi connectivity index (χ0n) is 8.00. The van der Waals surface area contributed by atoms with E-state index in [9.17, 15) is 0 Å². The Hall–Kier alpha value is -0.930. The lowest BCUT2D eigenvalue weighted by molar-refractivity contribution is 0.635. The second-order valence-corrected chi connectivity index (χ2v) is 4.29. The molecule has 3 nitrogen and oxygen atoms in total. The van der Waals surface area contributed by atoms with Crippen LogP contribution < -0.4 is 11.1 Å². The first-order chi connectivity index (χ1) is 7.16. The second kappa shape index (κ2) is 4.29. The van der Waals surface area contributed by atoms with E-state index in [2.05, 4.69) is 10.3 Å². The molecular weight excluding hydrogens is 233 g/mol. The number of benzene rings is 1. The van der Waals surface area contributed by atoms with E-state index < -0.39 is 0 Å². The summed E-state index contributed by atoms with van der Waals surface area (Å²) in [5.74, 6) is 0.818. The number of nitrogens with two attached hydrogens (primary N) is 1. The van der Waals surface area contributed by atoms with Gasteiger partial charge in [0, 0.05) is 12.5 Å². The molecule has 0 aliphatic carbocycles. The van der Waals surface area contributed by atoms with Gasteiger partial charge in [0.05, 0.1) is 16.6 Å². The summed E-state index contributed by atoms with van der Waals surface area (Å²) in [6, 6.07) is 5.66. The van der Waals surface area contributed by atoms with Gasteiger partial charge in [0.2, 0.25) is 0 Å². The van der Waals surface area contributed by atoms with E-state index in [-0.39, 0.29) is 0 Å². The highest BCUT2D eigenvalue weighted by Gasteiger charge is 2.16. The van der Waals surface area contributed by atoms with E-state index in [0.29, 0.717) is 28.5 Å². The van der Waals surface area contributed by atoms with Crippen molar-refractivity contribution >= 4 is 29.2 Å². The fraction of sp³-hybridized carbons (Fsp3) is 0.300. The molecule has 1 aromatic rings. The Morgan fingerprint density at radius 2 is 2.13 bits per heavy atom. The van der Waals surface area contributed by atoms with Gasteiger partial charge in [-0.15, -0.1) is 0 Å². The van der Waals surface area contributed by atoms with Gasteiger partial charge in [-0.05, 0) is 17.7 Å². The lowest BCUT2D eigenvalue weighted by Crippen LogP contribution is -2.39. The molecule has 0 fully saturated rings. The van der Waals surface area contributed by atoms with Crippen LogP contribution in [0.2, 0.25) is 10.0 Å². The SMILES string of the molecule is NC1=NCC(c2ccc(Cl)c(Cl)c2)CN1. The summed E-state index contributed by atoms with van der Waals surface area (Å²) < 4.78 is 0. The van der Waals surface area contributed by atoms with E-state index in [1.807, 2.05) is 12.1 Å². The first kappa shape index (κ1) is 10.6. The molecule has 1 unspecified atom stereocenters. The van der Waals surface area contributed by atoms with E-state index in [1.165, 1.54) is 0 Å². The maximum Gasteiger partial charge on any atom is 0.188 e. The van der Waals surface area contributed by atoms with Crippen molar-refractivity contribution in [2.45, 2.75) is 5.92 Å². The number of hydrogen-bond donors (Lipinski definition) is 2. The number of rotatable bonds is 1. The zero-order valence-corrected chi connectivity index (χ0v) is 9.52. The topological polar surface area (TPSA) is 50.4 Å². The molecule has 0 saturated carbocycles. The molecule has 0 amide bonds. The van der Waals surface area contributed by atoms with Crippen molar-refractivity contribution in [3.63, 3.8) is 0 Å². The summed E-state index contributed by atoms with van der Waals surface area (Å²) in [7, 11) is 0. The zero-order chi connectivity index (χ0) is 10.8. The fourth-order valence-corrected chi connectivity index (χ4v) is 1.85. The Kier molecular flexibility index (Phi) is 3.03. The van der Waals surface area contributed by atoms with Gasteiger partial charge in [-0.3, -0.25) is 4.99 Å². The summed E-state index contributed by atoms with van der Waals surface area (Å²) in [6.45, 7) is 1.48. The summed E-state index contributed by atoms with van der Waals surface area (Å²) in [4.78, 5) is 4.15. The molecule has 1 aliphatic rings. The van der Waals surface area contributed by atoms with Gasteiger partial charge in [0.15, 0.2) is 5.96 Å². The van der Waals surface area contributed by atoms with Gasteiger partial charge in [-0.2, -0.15) is 0 Å². The van der Waals surface area contributed by atoms with Crippen molar-refractivity contribution < 1.29 is 0 Å². The van der Waals surface area contributed by atoms with Gasteiger partial charge in [-0.25, -0.2) is 0 Å². The average molecular weight is 244 g/mol. The van der Waals surface area contributed by atoms with Crippen molar-refractivity contribution in [2.75, 3.05) is 13.1 Å². The first-order valence-corrected chi connectivity index (χ1v) is 5.41. The molecule has 15 heavy (non-hydrogen) atoms. The van der Waals surface area contributed by atoms with Gasteiger partial charge in [0.25, 0.3) is 0 Å². The number of nitrogens with zero attached hydrogens (tertiary/aromatic N) is 1.